The zero-order valence-corrected chi connectivity index (χ0v) is 8.51. The van der Waals surface area contributed by atoms with Gasteiger partial charge in [-0.3, -0.25) is 0 Å². The van der Waals surface area contributed by atoms with Crippen LogP contribution in [0.2, 0.25) is 0 Å². The fourth-order valence-electron chi connectivity index (χ4n) is 0.755. The summed E-state index contributed by atoms with van der Waals surface area (Å²) in [5.41, 5.74) is 0.446. The van der Waals surface area contributed by atoms with E-state index in [1.54, 1.807) is 6.92 Å². The lowest BCUT2D eigenvalue weighted by Gasteiger charge is -1.99. The number of unbranched alkanes of at least 4 members (excludes halogenated alkanes) is 2. The Kier molecular flexibility index (Phi) is 6.98. The molecule has 74 valence electrons. The second-order valence-electron chi connectivity index (χ2n) is 2.99. The molecule has 0 aliphatic carbocycles. The zero-order chi connectivity index (χ0) is 10.1. The molecule has 0 spiro atoms. The van der Waals surface area contributed by atoms with Crippen molar-refractivity contribution in [2.24, 2.45) is 0 Å². The Labute approximate surface area is 80.3 Å². The van der Waals surface area contributed by atoms with E-state index in [0.29, 0.717) is 12.2 Å². The highest BCUT2D eigenvalue weighted by Gasteiger charge is 1.99. The van der Waals surface area contributed by atoms with Crippen molar-refractivity contribution in [3.05, 3.63) is 24.3 Å². The summed E-state index contributed by atoms with van der Waals surface area (Å²) in [6.07, 6.45) is 7.34. The van der Waals surface area contributed by atoms with Crippen molar-refractivity contribution >= 4 is 5.97 Å². The minimum Gasteiger partial charge on any atom is -0.458 e. The molecule has 0 amide bonds. The minimum absolute atomic E-state index is 0.319. The highest BCUT2D eigenvalue weighted by molar-refractivity contribution is 5.86. The maximum Gasteiger partial charge on any atom is 0.333 e. The average Bonchev–Trinajstić information content (AvgIpc) is 2.10. The Morgan fingerprint density at radius 2 is 2.15 bits per heavy atom. The molecule has 2 heteroatoms. The molecule has 0 rings (SSSR count). The van der Waals surface area contributed by atoms with Crippen LogP contribution < -0.4 is 0 Å². The van der Waals surface area contributed by atoms with Crippen molar-refractivity contribution in [3.63, 3.8) is 0 Å². The van der Waals surface area contributed by atoms with E-state index < -0.39 is 0 Å². The Morgan fingerprint density at radius 1 is 1.46 bits per heavy atom. The number of allylic oxidation sites excluding steroid dienone is 1. The van der Waals surface area contributed by atoms with Crippen molar-refractivity contribution in [1.29, 1.82) is 0 Å². The van der Waals surface area contributed by atoms with Crippen molar-refractivity contribution in [3.8, 4) is 0 Å². The summed E-state index contributed by atoms with van der Waals surface area (Å²) >= 11 is 0. The van der Waals surface area contributed by atoms with Crippen LogP contribution in [-0.2, 0) is 9.53 Å². The molecule has 0 N–H and O–H groups in total. The minimum atomic E-state index is -0.319. The van der Waals surface area contributed by atoms with Crippen molar-refractivity contribution in [1.82, 2.24) is 0 Å². The third kappa shape index (κ3) is 7.32. The number of rotatable bonds is 6. The van der Waals surface area contributed by atoms with E-state index >= 15 is 0 Å². The molecule has 0 aliphatic heterocycles. The van der Waals surface area contributed by atoms with Gasteiger partial charge in [-0.25, -0.2) is 4.79 Å². The second kappa shape index (κ2) is 7.59. The highest BCUT2D eigenvalue weighted by atomic mass is 16.5. The van der Waals surface area contributed by atoms with Crippen LogP contribution in [0.5, 0.6) is 0 Å². The van der Waals surface area contributed by atoms with E-state index in [1.165, 1.54) is 12.8 Å². The summed E-state index contributed by atoms with van der Waals surface area (Å²) in [7, 11) is 0. The lowest BCUT2D eigenvalue weighted by molar-refractivity contribution is -0.137. The van der Waals surface area contributed by atoms with Gasteiger partial charge in [-0.05, 0) is 13.3 Å². The summed E-state index contributed by atoms with van der Waals surface area (Å²) in [5, 5.41) is 0. The van der Waals surface area contributed by atoms with Gasteiger partial charge in [-0.1, -0.05) is 38.5 Å². The first-order valence-corrected chi connectivity index (χ1v) is 4.66. The Bertz CT molecular complexity index is 192. The molecule has 13 heavy (non-hydrogen) atoms. The van der Waals surface area contributed by atoms with Gasteiger partial charge in [0.15, 0.2) is 0 Å². The van der Waals surface area contributed by atoms with Crippen LogP contribution in [0.25, 0.3) is 0 Å². The van der Waals surface area contributed by atoms with Crippen LogP contribution in [-0.4, -0.2) is 12.6 Å². The van der Waals surface area contributed by atoms with Crippen LogP contribution in [0.15, 0.2) is 24.3 Å². The Hall–Kier alpha value is -1.05. The van der Waals surface area contributed by atoms with E-state index in [9.17, 15) is 4.79 Å². The molecule has 0 unspecified atom stereocenters. The number of carbonyl (C=O) groups is 1. The fourth-order valence-corrected chi connectivity index (χ4v) is 0.755. The predicted molar refractivity (Wildman–Crippen MR) is 54.4 cm³/mol. The topological polar surface area (TPSA) is 26.3 Å². The maximum absolute atomic E-state index is 10.9. The average molecular weight is 182 g/mol. The molecule has 0 saturated heterocycles. The zero-order valence-electron chi connectivity index (χ0n) is 8.51. The van der Waals surface area contributed by atoms with E-state index in [0.717, 1.165) is 6.42 Å². The van der Waals surface area contributed by atoms with Crippen molar-refractivity contribution in [2.45, 2.75) is 33.1 Å². The number of hydrogen-bond donors (Lipinski definition) is 0. The molecular weight excluding hydrogens is 164 g/mol. The second-order valence-corrected chi connectivity index (χ2v) is 2.99. The molecule has 0 radical (unpaired) electrons. The molecular formula is C11H18O2. The van der Waals surface area contributed by atoms with Crippen LogP contribution in [0.3, 0.4) is 0 Å². The smallest absolute Gasteiger partial charge is 0.333 e. The molecule has 0 atom stereocenters. The molecule has 0 bridgehead atoms. The SMILES string of the molecule is C=C(C)C(=O)OC/C=C/CCCC. The molecule has 0 aliphatic rings. The normalized spacial score (nSPS) is 10.3. The molecule has 2 nitrogen and oxygen atoms in total. The van der Waals surface area contributed by atoms with E-state index in [2.05, 4.69) is 13.5 Å². The summed E-state index contributed by atoms with van der Waals surface area (Å²) in [4.78, 5) is 10.9. The molecule has 0 aromatic heterocycles. The van der Waals surface area contributed by atoms with Crippen molar-refractivity contribution < 1.29 is 9.53 Å². The van der Waals surface area contributed by atoms with Crippen molar-refractivity contribution in [2.75, 3.05) is 6.61 Å². The Balaban J connectivity index is 3.39. The van der Waals surface area contributed by atoms with Gasteiger partial charge in [-0.15, -0.1) is 0 Å². The summed E-state index contributed by atoms with van der Waals surface area (Å²) in [5.74, 6) is -0.319. The van der Waals surface area contributed by atoms with Gasteiger partial charge in [0.25, 0.3) is 0 Å². The monoisotopic (exact) mass is 182 g/mol. The van der Waals surface area contributed by atoms with Crippen LogP contribution in [0.4, 0.5) is 0 Å². The molecule has 0 fully saturated rings. The highest BCUT2D eigenvalue weighted by Crippen LogP contribution is 1.96. The largest absolute Gasteiger partial charge is 0.458 e. The van der Waals surface area contributed by atoms with E-state index in [-0.39, 0.29) is 5.97 Å². The fraction of sp³-hybridized carbons (Fsp3) is 0.545. The standard InChI is InChI=1S/C11H18O2/c1-4-5-6-7-8-9-13-11(12)10(2)3/h7-8H,2,4-6,9H2,1,3H3/b8-7+. The number of esters is 1. The maximum atomic E-state index is 10.9. The molecule has 0 saturated carbocycles. The van der Waals surface area contributed by atoms with E-state index in [1.807, 2.05) is 12.2 Å². The summed E-state index contributed by atoms with van der Waals surface area (Å²) in [6.45, 7) is 7.63. The van der Waals surface area contributed by atoms with Gasteiger partial charge in [0.05, 0.1) is 0 Å². The lowest BCUT2D eigenvalue weighted by Crippen LogP contribution is -2.04. The number of hydrogen-bond acceptors (Lipinski definition) is 2. The van der Waals surface area contributed by atoms with Crippen LogP contribution in [0, 0.1) is 0 Å². The third-order valence-corrected chi connectivity index (χ3v) is 1.55. The van der Waals surface area contributed by atoms with Gasteiger partial charge in [0, 0.05) is 5.57 Å². The summed E-state index contributed by atoms with van der Waals surface area (Å²) < 4.78 is 4.86. The van der Waals surface area contributed by atoms with Crippen LogP contribution >= 0.6 is 0 Å². The molecule has 0 aromatic carbocycles. The van der Waals surface area contributed by atoms with Crippen LogP contribution in [0.1, 0.15) is 33.1 Å². The van der Waals surface area contributed by atoms with Gasteiger partial charge in [0.1, 0.15) is 6.61 Å². The lowest BCUT2D eigenvalue weighted by atomic mass is 10.2. The van der Waals surface area contributed by atoms with Gasteiger partial charge in [0.2, 0.25) is 0 Å². The molecule has 0 aromatic rings. The number of carbonyl (C=O) groups excluding carboxylic acids is 1. The predicted octanol–water partition coefficient (Wildman–Crippen LogP) is 2.85. The molecule has 0 heterocycles. The first kappa shape index (κ1) is 11.9. The van der Waals surface area contributed by atoms with Gasteiger partial charge in [-0.2, -0.15) is 0 Å². The first-order valence-electron chi connectivity index (χ1n) is 4.66. The quantitative estimate of drug-likeness (QED) is 0.273. The van der Waals surface area contributed by atoms with E-state index in [4.69, 9.17) is 4.74 Å². The Morgan fingerprint density at radius 3 is 2.69 bits per heavy atom. The first-order chi connectivity index (χ1) is 6.18. The van der Waals surface area contributed by atoms with Gasteiger partial charge >= 0.3 is 5.97 Å². The number of ether oxygens (including phenoxy) is 1. The third-order valence-electron chi connectivity index (χ3n) is 1.55. The van der Waals surface area contributed by atoms with Gasteiger partial charge < -0.3 is 4.74 Å². The summed E-state index contributed by atoms with van der Waals surface area (Å²) in [6, 6.07) is 0.